The summed E-state index contributed by atoms with van der Waals surface area (Å²) in [7, 11) is 1.41. The molecule has 140 valence electrons. The normalized spacial score (nSPS) is 15.2. The second kappa shape index (κ2) is 8.46. The van der Waals surface area contributed by atoms with Gasteiger partial charge < -0.3 is 9.57 Å². The Labute approximate surface area is 151 Å². The number of hydrogen-bond donors (Lipinski definition) is 0. The number of carbonyl (C=O) groups is 4. The molecule has 3 amide bonds. The van der Waals surface area contributed by atoms with Crippen LogP contribution in [0.4, 0.5) is 4.79 Å². The minimum absolute atomic E-state index is 0.00736. The van der Waals surface area contributed by atoms with Crippen molar-refractivity contribution in [3.8, 4) is 0 Å². The highest BCUT2D eigenvalue weighted by molar-refractivity contribution is 6.01. The SMILES string of the molecule is CC(C)[C@@H](C(=O)ON1C(=O)CCC1=O)N(C)C(=O)OCc1ccccc1. The molecule has 1 aliphatic heterocycles. The van der Waals surface area contributed by atoms with E-state index in [1.165, 1.54) is 7.05 Å². The zero-order chi connectivity index (χ0) is 19.3. The second-order valence-corrected chi connectivity index (χ2v) is 6.33. The second-order valence-electron chi connectivity index (χ2n) is 6.33. The molecule has 1 aromatic rings. The monoisotopic (exact) mass is 362 g/mol. The van der Waals surface area contributed by atoms with E-state index >= 15 is 0 Å². The fourth-order valence-electron chi connectivity index (χ4n) is 2.61. The van der Waals surface area contributed by atoms with Crippen molar-refractivity contribution in [2.45, 2.75) is 39.3 Å². The Morgan fingerprint density at radius 2 is 1.69 bits per heavy atom. The fraction of sp³-hybridized carbons (Fsp3) is 0.444. The van der Waals surface area contributed by atoms with Crippen LogP contribution in [0, 0.1) is 5.92 Å². The van der Waals surface area contributed by atoms with E-state index in [1.54, 1.807) is 13.8 Å². The average Bonchev–Trinajstić information content (AvgIpc) is 2.92. The highest BCUT2D eigenvalue weighted by Gasteiger charge is 2.38. The lowest BCUT2D eigenvalue weighted by Gasteiger charge is -2.29. The molecule has 0 radical (unpaired) electrons. The van der Waals surface area contributed by atoms with Crippen molar-refractivity contribution >= 4 is 23.9 Å². The highest BCUT2D eigenvalue weighted by atomic mass is 16.7. The average molecular weight is 362 g/mol. The molecule has 2 rings (SSSR count). The van der Waals surface area contributed by atoms with Crippen molar-refractivity contribution in [2.24, 2.45) is 5.92 Å². The van der Waals surface area contributed by atoms with Crippen LogP contribution in [-0.4, -0.2) is 46.9 Å². The molecule has 0 spiro atoms. The zero-order valence-electron chi connectivity index (χ0n) is 15.0. The van der Waals surface area contributed by atoms with Gasteiger partial charge in [0, 0.05) is 19.9 Å². The number of benzene rings is 1. The predicted octanol–water partition coefficient (Wildman–Crippen LogP) is 1.89. The lowest BCUT2D eigenvalue weighted by molar-refractivity contribution is -0.201. The summed E-state index contributed by atoms with van der Waals surface area (Å²) in [6, 6.07) is 8.12. The highest BCUT2D eigenvalue weighted by Crippen LogP contribution is 2.18. The lowest BCUT2D eigenvalue weighted by atomic mass is 10.0. The molecule has 1 saturated heterocycles. The standard InChI is InChI=1S/C18H22N2O6/c1-12(2)16(17(23)26-20-14(21)9-10-15(20)22)19(3)18(24)25-11-13-7-5-4-6-8-13/h4-8,12,16H,9-11H2,1-3H3/t16-/m0/s1. The number of imide groups is 1. The summed E-state index contributed by atoms with van der Waals surface area (Å²) in [4.78, 5) is 54.0. The fourth-order valence-corrected chi connectivity index (χ4v) is 2.61. The van der Waals surface area contributed by atoms with E-state index in [1.807, 2.05) is 30.3 Å². The van der Waals surface area contributed by atoms with Crippen LogP contribution >= 0.6 is 0 Å². The quantitative estimate of drug-likeness (QED) is 0.718. The molecule has 0 N–H and O–H groups in total. The number of hydrogen-bond acceptors (Lipinski definition) is 6. The van der Waals surface area contributed by atoms with Gasteiger partial charge in [-0.25, -0.2) is 9.59 Å². The van der Waals surface area contributed by atoms with Crippen molar-refractivity contribution in [3.05, 3.63) is 35.9 Å². The number of amides is 3. The molecule has 1 aromatic carbocycles. The summed E-state index contributed by atoms with van der Waals surface area (Å²) in [6.07, 6.45) is -0.690. The molecule has 1 fully saturated rings. The van der Waals surface area contributed by atoms with E-state index in [4.69, 9.17) is 9.57 Å². The van der Waals surface area contributed by atoms with E-state index in [9.17, 15) is 19.2 Å². The van der Waals surface area contributed by atoms with Gasteiger partial charge in [-0.3, -0.25) is 14.5 Å². The third-order valence-electron chi connectivity index (χ3n) is 3.97. The topological polar surface area (TPSA) is 93.2 Å². The summed E-state index contributed by atoms with van der Waals surface area (Å²) in [5.41, 5.74) is 0.811. The molecule has 8 heteroatoms. The number of likely N-dealkylation sites (N-methyl/N-ethyl adjacent to an activating group) is 1. The first-order valence-electron chi connectivity index (χ1n) is 8.32. The third kappa shape index (κ3) is 4.59. The molecular weight excluding hydrogens is 340 g/mol. The van der Waals surface area contributed by atoms with Crippen LogP contribution in [0.15, 0.2) is 30.3 Å². The summed E-state index contributed by atoms with van der Waals surface area (Å²) in [6.45, 7) is 3.51. The number of hydroxylamine groups is 2. The van der Waals surface area contributed by atoms with Crippen LogP contribution in [-0.2, 0) is 30.6 Å². The van der Waals surface area contributed by atoms with E-state index < -0.39 is 29.9 Å². The van der Waals surface area contributed by atoms with Crippen LogP contribution in [0.25, 0.3) is 0 Å². The van der Waals surface area contributed by atoms with Gasteiger partial charge in [0.2, 0.25) is 0 Å². The van der Waals surface area contributed by atoms with Gasteiger partial charge in [-0.2, -0.15) is 0 Å². The number of carbonyl (C=O) groups excluding carboxylic acids is 4. The van der Waals surface area contributed by atoms with Gasteiger partial charge in [0.25, 0.3) is 11.8 Å². The molecular formula is C18H22N2O6. The van der Waals surface area contributed by atoms with E-state index in [2.05, 4.69) is 0 Å². The van der Waals surface area contributed by atoms with Gasteiger partial charge >= 0.3 is 12.1 Å². The maximum atomic E-state index is 12.4. The van der Waals surface area contributed by atoms with E-state index in [-0.39, 0.29) is 25.4 Å². The van der Waals surface area contributed by atoms with Crippen LogP contribution in [0.1, 0.15) is 32.3 Å². The maximum absolute atomic E-state index is 12.4. The van der Waals surface area contributed by atoms with E-state index in [0.717, 1.165) is 10.5 Å². The number of nitrogens with zero attached hydrogens (tertiary/aromatic N) is 2. The molecule has 0 unspecified atom stereocenters. The molecule has 1 heterocycles. The van der Waals surface area contributed by atoms with Crippen LogP contribution in [0.3, 0.4) is 0 Å². The third-order valence-corrected chi connectivity index (χ3v) is 3.97. The first kappa shape index (κ1) is 19.4. The van der Waals surface area contributed by atoms with Gasteiger partial charge in [-0.15, -0.1) is 5.06 Å². The predicted molar refractivity (Wildman–Crippen MR) is 90.2 cm³/mol. The van der Waals surface area contributed by atoms with E-state index in [0.29, 0.717) is 5.06 Å². The smallest absolute Gasteiger partial charge is 0.410 e. The van der Waals surface area contributed by atoms with Gasteiger partial charge in [0.1, 0.15) is 12.6 Å². The molecule has 1 atom stereocenters. The molecule has 0 aromatic heterocycles. The van der Waals surface area contributed by atoms with Crippen LogP contribution in [0.5, 0.6) is 0 Å². The van der Waals surface area contributed by atoms with Crippen molar-refractivity contribution in [1.29, 1.82) is 0 Å². The number of rotatable bonds is 6. The Morgan fingerprint density at radius 3 is 2.23 bits per heavy atom. The molecule has 26 heavy (non-hydrogen) atoms. The van der Waals surface area contributed by atoms with Crippen LogP contribution in [0.2, 0.25) is 0 Å². The molecule has 0 saturated carbocycles. The molecule has 1 aliphatic rings. The maximum Gasteiger partial charge on any atom is 0.410 e. The Kier molecular flexibility index (Phi) is 6.32. The molecule has 0 bridgehead atoms. The van der Waals surface area contributed by atoms with Gasteiger partial charge in [-0.1, -0.05) is 44.2 Å². The van der Waals surface area contributed by atoms with Crippen LogP contribution < -0.4 is 0 Å². The van der Waals surface area contributed by atoms with Crippen molar-refractivity contribution in [3.63, 3.8) is 0 Å². The van der Waals surface area contributed by atoms with Gasteiger partial charge in [0.05, 0.1) is 0 Å². The Morgan fingerprint density at radius 1 is 1.12 bits per heavy atom. The molecule has 8 nitrogen and oxygen atoms in total. The van der Waals surface area contributed by atoms with Gasteiger partial charge in [0.15, 0.2) is 0 Å². The minimum atomic E-state index is -1.00. The molecule has 0 aliphatic carbocycles. The summed E-state index contributed by atoms with van der Waals surface area (Å²) < 4.78 is 5.22. The summed E-state index contributed by atoms with van der Waals surface area (Å²) in [5, 5.41) is 0.473. The van der Waals surface area contributed by atoms with Gasteiger partial charge in [-0.05, 0) is 11.5 Å². The zero-order valence-corrected chi connectivity index (χ0v) is 15.0. The van der Waals surface area contributed by atoms with Crippen molar-refractivity contribution < 1.29 is 28.8 Å². The summed E-state index contributed by atoms with van der Waals surface area (Å²) in [5.74, 6) is -2.31. The lowest BCUT2D eigenvalue weighted by Crippen LogP contribution is -2.49. The Hall–Kier alpha value is -2.90. The first-order valence-corrected chi connectivity index (χ1v) is 8.32. The first-order chi connectivity index (χ1) is 12.3. The Bertz CT molecular complexity index is 672. The van der Waals surface area contributed by atoms with Crippen molar-refractivity contribution in [2.75, 3.05) is 7.05 Å². The van der Waals surface area contributed by atoms with Crippen molar-refractivity contribution in [1.82, 2.24) is 9.96 Å². The minimum Gasteiger partial charge on any atom is -0.445 e. The number of ether oxygens (including phenoxy) is 1. The largest absolute Gasteiger partial charge is 0.445 e. The summed E-state index contributed by atoms with van der Waals surface area (Å²) >= 11 is 0. The Balaban J connectivity index is 2.00.